The number of fused-ring (bicyclic) bond motifs is 2. The summed E-state index contributed by atoms with van der Waals surface area (Å²) in [6, 6.07) is 9.48. The zero-order valence-electron chi connectivity index (χ0n) is 15.5. The van der Waals surface area contributed by atoms with Gasteiger partial charge in [-0.3, -0.25) is 14.5 Å². The molecule has 0 unspecified atom stereocenters. The number of ether oxygens (including phenoxy) is 1. The summed E-state index contributed by atoms with van der Waals surface area (Å²) in [4.78, 5) is 29.3. The van der Waals surface area contributed by atoms with E-state index in [1.54, 1.807) is 29.4 Å². The lowest BCUT2D eigenvalue weighted by Crippen LogP contribution is -2.50. The zero-order chi connectivity index (χ0) is 18.8. The van der Waals surface area contributed by atoms with Gasteiger partial charge in [0.05, 0.1) is 17.1 Å². The van der Waals surface area contributed by atoms with E-state index in [0.717, 1.165) is 23.4 Å². The van der Waals surface area contributed by atoms with Gasteiger partial charge < -0.3 is 10.1 Å². The van der Waals surface area contributed by atoms with Gasteiger partial charge in [0.2, 0.25) is 0 Å². The van der Waals surface area contributed by atoms with E-state index in [9.17, 15) is 9.59 Å². The highest BCUT2D eigenvalue weighted by molar-refractivity contribution is 7.14. The van der Waals surface area contributed by atoms with E-state index in [4.69, 9.17) is 4.74 Å². The molecular formula is C21H24N2O3S. The molecular weight excluding hydrogens is 360 g/mol. The number of hydrogen-bond donors (Lipinski definition) is 1. The summed E-state index contributed by atoms with van der Waals surface area (Å²) in [6.07, 6.45) is 6.34. The summed E-state index contributed by atoms with van der Waals surface area (Å²) < 4.78 is 5.81. The van der Waals surface area contributed by atoms with E-state index in [0.29, 0.717) is 5.75 Å². The number of nitrogens with zero attached hydrogens (tertiary/aromatic N) is 1. The molecule has 0 radical (unpaired) electrons. The van der Waals surface area contributed by atoms with Crippen LogP contribution >= 0.6 is 11.3 Å². The molecule has 0 saturated carbocycles. The fraction of sp³-hybridized carbons (Fsp3) is 0.429. The second-order valence-corrected chi connectivity index (χ2v) is 8.21. The molecule has 1 aromatic carbocycles. The highest BCUT2D eigenvalue weighted by Gasteiger charge is 2.34. The van der Waals surface area contributed by atoms with Crippen LogP contribution in [0, 0.1) is 0 Å². The SMILES string of the molecule is CNC(=O)[C@H]1CN(C(=O)c2cc3c(s2)CCCCCC3)c2ccccc2O1. The summed E-state index contributed by atoms with van der Waals surface area (Å²) in [5, 5.41) is 2.62. The number of para-hydroxylation sites is 2. The van der Waals surface area contributed by atoms with Gasteiger partial charge in [-0.2, -0.15) is 0 Å². The minimum absolute atomic E-state index is 0.0450. The lowest BCUT2D eigenvalue weighted by atomic mass is 9.99. The molecule has 1 aromatic heterocycles. The maximum Gasteiger partial charge on any atom is 0.268 e. The van der Waals surface area contributed by atoms with Crippen molar-refractivity contribution in [3.05, 3.63) is 45.6 Å². The average Bonchev–Trinajstić information content (AvgIpc) is 3.07. The Morgan fingerprint density at radius 2 is 1.93 bits per heavy atom. The summed E-state index contributed by atoms with van der Waals surface area (Å²) >= 11 is 1.62. The fourth-order valence-electron chi connectivity index (χ4n) is 3.81. The van der Waals surface area contributed by atoms with Gasteiger partial charge in [0, 0.05) is 11.9 Å². The first-order chi connectivity index (χ1) is 13.2. The van der Waals surface area contributed by atoms with E-state index in [2.05, 4.69) is 11.4 Å². The molecule has 142 valence electrons. The summed E-state index contributed by atoms with van der Waals surface area (Å²) in [6.45, 7) is 0.220. The Bertz CT molecular complexity index is 835. The van der Waals surface area contributed by atoms with Crippen LogP contribution in [-0.2, 0) is 17.6 Å². The van der Waals surface area contributed by atoms with Gasteiger partial charge in [0.15, 0.2) is 6.10 Å². The molecule has 0 fully saturated rings. The van der Waals surface area contributed by atoms with Gasteiger partial charge in [-0.25, -0.2) is 0 Å². The van der Waals surface area contributed by atoms with Crippen LogP contribution in [-0.4, -0.2) is 31.5 Å². The number of carbonyl (C=O) groups excluding carboxylic acids is 2. The van der Waals surface area contributed by atoms with Crippen LogP contribution in [0.2, 0.25) is 0 Å². The number of benzene rings is 1. The van der Waals surface area contributed by atoms with Crippen molar-refractivity contribution in [3.63, 3.8) is 0 Å². The second-order valence-electron chi connectivity index (χ2n) is 7.08. The zero-order valence-corrected chi connectivity index (χ0v) is 16.3. The van der Waals surface area contributed by atoms with Crippen molar-refractivity contribution < 1.29 is 14.3 Å². The Balaban J connectivity index is 1.66. The molecule has 1 atom stereocenters. The number of amides is 2. The average molecular weight is 385 g/mol. The van der Waals surface area contributed by atoms with Crippen molar-refractivity contribution in [1.82, 2.24) is 5.32 Å². The number of hydrogen-bond acceptors (Lipinski definition) is 4. The Morgan fingerprint density at radius 3 is 2.74 bits per heavy atom. The highest BCUT2D eigenvalue weighted by atomic mass is 32.1. The number of nitrogens with one attached hydrogen (secondary N) is 1. The predicted molar refractivity (Wildman–Crippen MR) is 107 cm³/mol. The predicted octanol–water partition coefficient (Wildman–Crippen LogP) is 3.56. The van der Waals surface area contributed by atoms with Crippen molar-refractivity contribution in [1.29, 1.82) is 0 Å². The highest BCUT2D eigenvalue weighted by Crippen LogP contribution is 2.36. The molecule has 0 bridgehead atoms. The van der Waals surface area contributed by atoms with Gasteiger partial charge in [-0.15, -0.1) is 11.3 Å². The first-order valence-electron chi connectivity index (χ1n) is 9.58. The maximum atomic E-state index is 13.4. The van der Waals surface area contributed by atoms with E-state index in [1.807, 2.05) is 18.2 Å². The van der Waals surface area contributed by atoms with Crippen molar-refractivity contribution in [2.75, 3.05) is 18.5 Å². The Kier molecular flexibility index (Phi) is 5.16. The second kappa shape index (κ2) is 7.72. The lowest BCUT2D eigenvalue weighted by Gasteiger charge is -2.33. The van der Waals surface area contributed by atoms with Crippen molar-refractivity contribution >= 4 is 28.8 Å². The van der Waals surface area contributed by atoms with Gasteiger partial charge >= 0.3 is 0 Å². The minimum atomic E-state index is -0.699. The molecule has 2 amide bonds. The smallest absolute Gasteiger partial charge is 0.268 e. The molecule has 2 heterocycles. The van der Waals surface area contributed by atoms with E-state index in [-0.39, 0.29) is 18.4 Å². The summed E-state index contributed by atoms with van der Waals surface area (Å²) in [5.41, 5.74) is 2.05. The first kappa shape index (κ1) is 18.0. The molecule has 1 aliphatic carbocycles. The number of rotatable bonds is 2. The maximum absolute atomic E-state index is 13.4. The molecule has 0 spiro atoms. The largest absolute Gasteiger partial charge is 0.477 e. The van der Waals surface area contributed by atoms with Crippen molar-refractivity contribution in [3.8, 4) is 5.75 Å². The van der Waals surface area contributed by atoms with Crippen LogP contribution in [0.5, 0.6) is 5.75 Å². The first-order valence-corrected chi connectivity index (χ1v) is 10.4. The Morgan fingerprint density at radius 1 is 1.15 bits per heavy atom. The number of aryl methyl sites for hydroxylation is 2. The molecule has 4 rings (SSSR count). The molecule has 5 nitrogen and oxygen atoms in total. The van der Waals surface area contributed by atoms with E-state index >= 15 is 0 Å². The van der Waals surface area contributed by atoms with Crippen molar-refractivity contribution in [2.45, 2.75) is 44.6 Å². The van der Waals surface area contributed by atoms with Crippen LogP contribution in [0.25, 0.3) is 0 Å². The number of anilines is 1. The number of carbonyl (C=O) groups is 2. The summed E-state index contributed by atoms with van der Waals surface area (Å²) in [7, 11) is 1.58. The third-order valence-corrected chi connectivity index (χ3v) is 6.49. The molecule has 1 N–H and O–H groups in total. The molecule has 2 aromatic rings. The van der Waals surface area contributed by atoms with Gasteiger partial charge in [0.25, 0.3) is 11.8 Å². The fourth-order valence-corrected chi connectivity index (χ4v) is 5.01. The summed E-state index contributed by atoms with van der Waals surface area (Å²) in [5.74, 6) is 0.303. The van der Waals surface area contributed by atoms with Crippen molar-refractivity contribution in [2.24, 2.45) is 0 Å². The minimum Gasteiger partial charge on any atom is -0.477 e. The molecule has 0 saturated heterocycles. The topological polar surface area (TPSA) is 58.6 Å². The van der Waals surface area contributed by atoms with Gasteiger partial charge in [-0.1, -0.05) is 25.0 Å². The van der Waals surface area contributed by atoms with Gasteiger partial charge in [0.1, 0.15) is 5.75 Å². The standard InChI is InChI=1S/C21H24N2O3S/c1-22-20(24)17-13-23(15-9-6-7-10-16(15)26-17)21(25)19-12-14-8-4-2-3-5-11-18(14)27-19/h6-7,9-10,12,17H,2-5,8,11,13H2,1H3,(H,22,24)/t17-/m1/s1. The van der Waals surface area contributed by atoms with Crippen LogP contribution in [0.1, 0.15) is 45.8 Å². The van der Waals surface area contributed by atoms with E-state index < -0.39 is 6.10 Å². The van der Waals surface area contributed by atoms with Crippen LogP contribution in [0.4, 0.5) is 5.69 Å². The molecule has 6 heteroatoms. The third-order valence-electron chi connectivity index (χ3n) is 5.27. The number of thiophene rings is 1. The van der Waals surface area contributed by atoms with Crippen LogP contribution in [0.15, 0.2) is 30.3 Å². The monoisotopic (exact) mass is 384 g/mol. The van der Waals surface area contributed by atoms with Crippen LogP contribution < -0.4 is 15.0 Å². The normalized spacial score (nSPS) is 19.1. The lowest BCUT2D eigenvalue weighted by molar-refractivity contribution is -0.127. The Labute approximate surface area is 163 Å². The third kappa shape index (κ3) is 3.58. The molecule has 27 heavy (non-hydrogen) atoms. The van der Waals surface area contributed by atoms with Crippen LogP contribution in [0.3, 0.4) is 0 Å². The molecule has 2 aliphatic rings. The van der Waals surface area contributed by atoms with E-state index in [1.165, 1.54) is 36.1 Å². The van der Waals surface area contributed by atoms with Gasteiger partial charge in [-0.05, 0) is 49.4 Å². The number of likely N-dealkylation sites (N-methyl/N-ethyl adjacent to an activating group) is 1. The Hall–Kier alpha value is -2.34. The molecule has 1 aliphatic heterocycles. The quantitative estimate of drug-likeness (QED) is 0.861.